The Morgan fingerprint density at radius 2 is 1.10 bits per heavy atom. The second-order valence-corrected chi connectivity index (χ2v) is 35.0. The van der Waals surface area contributed by atoms with Gasteiger partial charge in [-0.15, -0.1) is 0 Å². The van der Waals surface area contributed by atoms with Gasteiger partial charge >= 0.3 is 0 Å². The first-order valence-corrected chi connectivity index (χ1v) is 40.3. The Labute approximate surface area is 640 Å². The number of amides is 3. The number of rotatable bonds is 18. The van der Waals surface area contributed by atoms with E-state index in [1.165, 1.54) is 60.3 Å². The monoisotopic (exact) mass is 1550 g/mol. The number of aromatic nitrogens is 7. The summed E-state index contributed by atoms with van der Waals surface area (Å²) in [4.78, 5) is 90.3. The van der Waals surface area contributed by atoms with E-state index >= 15 is 0 Å². The van der Waals surface area contributed by atoms with Crippen LogP contribution in [0.3, 0.4) is 0 Å². The summed E-state index contributed by atoms with van der Waals surface area (Å²) >= 11 is 6.00. The average molecular weight is 1560 g/mol. The van der Waals surface area contributed by atoms with Crippen molar-refractivity contribution in [1.82, 2.24) is 54.0 Å². The fourth-order valence-corrected chi connectivity index (χ4v) is 17.7. The van der Waals surface area contributed by atoms with Gasteiger partial charge in [-0.3, -0.25) is 29.1 Å². The van der Waals surface area contributed by atoms with Gasteiger partial charge in [0.15, 0.2) is 14.9 Å². The lowest BCUT2D eigenvalue weighted by Crippen LogP contribution is -2.46. The number of nitrogens with one attached hydrogen (secondary N) is 4. The number of benzene rings is 2. The molecule has 0 spiro atoms. The lowest BCUT2D eigenvalue weighted by Gasteiger charge is -2.35. The first-order chi connectivity index (χ1) is 51.6. The molecular formula is C78H87ClN16O11S3. The van der Waals surface area contributed by atoms with Crippen LogP contribution in [0.2, 0.25) is 5.02 Å². The minimum atomic E-state index is -4.38. The van der Waals surface area contributed by atoms with Crippen molar-refractivity contribution in [2.75, 3.05) is 65.4 Å². The quantitative estimate of drug-likeness (QED) is 0.0620. The van der Waals surface area contributed by atoms with E-state index in [4.69, 9.17) is 26.6 Å². The standard InChI is InChI=1S/C28H35N7O3S.C25H24ClN5O4S.C25H28N4O4S/c1-21-18-28(2,3)35(19-21)26-23(6-5-11-30-26)27(36)32-39(37,38)25-8-4-7-24(31-25)34-16-14-33(15-17-34)20-22-9-12-29-13-10-22;1-16-13-25(2,3)31(15-16)23-20(6-5-9-28-23)24(32)30-36(33,34)22-8-4-7-21(29-22)35-19-11-17(14-27)10-18(26)12-19;1-16-14-25(3,4)29(15-16)22-19(11-12-20(27-22)18-9-6-5-8-17(18)2)23(30)28-34(32,33)21-10-7-13-26-24(21)31/h4-13,21H,14-20H2,1-3H3,(H,32,36);4-12,16H,13,15H2,1-3H3,(H,30,32);5-13,16H,14-15H2,1-4H3,(H,26,31)(H,28,30)/t;;16-/m..0/s1. The van der Waals surface area contributed by atoms with Crippen LogP contribution in [0, 0.1) is 36.0 Å². The molecule has 11 heterocycles. The number of carbonyl (C=O) groups is 3. The number of ether oxygens (including phenoxy) is 1. The number of pyridine rings is 7. The van der Waals surface area contributed by atoms with Crippen molar-refractivity contribution in [1.29, 1.82) is 5.26 Å². The highest BCUT2D eigenvalue weighted by Crippen LogP contribution is 2.41. The van der Waals surface area contributed by atoms with Crippen molar-refractivity contribution in [3.05, 3.63) is 219 Å². The zero-order chi connectivity index (χ0) is 78.4. The average Bonchev–Trinajstić information content (AvgIpc) is 1.62. The van der Waals surface area contributed by atoms with Gasteiger partial charge in [0.1, 0.15) is 29.0 Å². The highest BCUT2D eigenvalue weighted by Gasteiger charge is 2.43. The van der Waals surface area contributed by atoms with Gasteiger partial charge in [-0.2, -0.15) is 27.1 Å². The van der Waals surface area contributed by atoms with E-state index in [9.17, 15) is 44.4 Å². The summed E-state index contributed by atoms with van der Waals surface area (Å²) in [5.74, 6) is 0.931. The molecule has 4 saturated heterocycles. The molecule has 13 rings (SSSR count). The number of aromatic amines is 1. The minimum Gasteiger partial charge on any atom is -0.439 e. The predicted molar refractivity (Wildman–Crippen MR) is 416 cm³/mol. The molecule has 0 bridgehead atoms. The zero-order valence-corrected chi connectivity index (χ0v) is 65.3. The molecule has 3 atom stereocenters. The summed E-state index contributed by atoms with van der Waals surface area (Å²) in [5.41, 5.74) is 3.16. The van der Waals surface area contributed by atoms with Gasteiger partial charge < -0.3 is 29.3 Å². The maximum absolute atomic E-state index is 13.3. The van der Waals surface area contributed by atoms with Crippen molar-refractivity contribution in [2.45, 2.75) is 127 Å². The van der Waals surface area contributed by atoms with Crippen LogP contribution in [0.4, 0.5) is 23.3 Å². The molecule has 9 aromatic rings. The molecule has 0 aliphatic carbocycles. The van der Waals surface area contributed by atoms with Gasteiger partial charge in [0.2, 0.25) is 5.88 Å². The van der Waals surface area contributed by atoms with Crippen LogP contribution in [0.5, 0.6) is 11.6 Å². The zero-order valence-electron chi connectivity index (χ0n) is 62.1. The number of hydrogen-bond acceptors (Lipinski definition) is 23. The molecule has 2 unspecified atom stereocenters. The minimum absolute atomic E-state index is 0.0497. The largest absolute Gasteiger partial charge is 0.439 e. The summed E-state index contributed by atoms with van der Waals surface area (Å²) in [7, 11) is -12.9. The second-order valence-electron chi connectivity index (χ2n) is 29.7. The smallest absolute Gasteiger partial charge is 0.281 e. The Bertz CT molecular complexity index is 5350. The fraction of sp³-hybridized carbons (Fsp3) is 0.346. The molecule has 570 valence electrons. The number of H-pyrrole nitrogens is 1. The number of nitrogens with zero attached hydrogens (tertiary/aromatic N) is 12. The van der Waals surface area contributed by atoms with Gasteiger partial charge in [-0.05, 0) is 194 Å². The van der Waals surface area contributed by atoms with Gasteiger partial charge in [0.25, 0.3) is 53.4 Å². The third-order valence-corrected chi connectivity index (χ3v) is 23.4. The number of piperazine rings is 1. The van der Waals surface area contributed by atoms with Crippen LogP contribution in [0.15, 0.2) is 190 Å². The number of nitriles is 1. The van der Waals surface area contributed by atoms with Crippen LogP contribution in [-0.2, 0) is 36.6 Å². The van der Waals surface area contributed by atoms with Gasteiger partial charge in [-0.1, -0.05) is 68.8 Å². The third kappa shape index (κ3) is 18.9. The summed E-state index contributed by atoms with van der Waals surface area (Å²) < 4.78 is 90.2. The van der Waals surface area contributed by atoms with Crippen LogP contribution in [-0.4, -0.2) is 145 Å². The van der Waals surface area contributed by atoms with E-state index < -0.39 is 63.3 Å². The number of carbonyl (C=O) groups excluding carboxylic acids is 3. The first-order valence-electron chi connectivity index (χ1n) is 35.5. The highest BCUT2D eigenvalue weighted by molar-refractivity contribution is 7.90. The van der Waals surface area contributed by atoms with Crippen molar-refractivity contribution in [3.8, 4) is 29.0 Å². The molecule has 2 aromatic carbocycles. The van der Waals surface area contributed by atoms with E-state index in [0.29, 0.717) is 59.8 Å². The SMILES string of the molecule is CC1CN(c2ncccc2C(=O)NS(=O)(=O)c2cccc(N3CCN(Cc4ccncc4)CC3)n2)C(C)(C)C1.CC1CN(c2ncccc2C(=O)NS(=O)(=O)c2cccc(Oc3cc(Cl)cc(C#N)c3)n2)C(C)(C)C1.Cc1ccccc1-c1ccc(C(=O)NS(=O)(=O)c2ccc[nH]c2=O)c(N2C[C@@H](C)CC2(C)C)n1. The van der Waals surface area contributed by atoms with E-state index in [0.717, 1.165) is 75.7 Å². The summed E-state index contributed by atoms with van der Waals surface area (Å²) in [5, 5.41) is 8.79. The van der Waals surface area contributed by atoms with E-state index in [2.05, 4.69) is 121 Å². The Morgan fingerprint density at radius 1 is 0.578 bits per heavy atom. The molecule has 0 radical (unpaired) electrons. The van der Waals surface area contributed by atoms with Crippen LogP contribution in [0.25, 0.3) is 11.3 Å². The summed E-state index contributed by atoms with van der Waals surface area (Å²) in [6, 6.07) is 39.4. The highest BCUT2D eigenvalue weighted by atomic mass is 35.5. The van der Waals surface area contributed by atoms with Crippen molar-refractivity contribution < 1.29 is 44.4 Å². The molecule has 4 aliphatic rings. The van der Waals surface area contributed by atoms with E-state index in [1.54, 1.807) is 73.3 Å². The normalized spacial score (nSPS) is 18.1. The van der Waals surface area contributed by atoms with Crippen molar-refractivity contribution in [2.24, 2.45) is 17.8 Å². The van der Waals surface area contributed by atoms with E-state index in [-0.39, 0.29) is 60.5 Å². The molecule has 0 saturated carbocycles. The molecule has 31 heteroatoms. The molecule has 3 amide bonds. The number of hydrogen-bond donors (Lipinski definition) is 4. The second kappa shape index (κ2) is 32.6. The van der Waals surface area contributed by atoms with Crippen LogP contribution < -0.4 is 44.1 Å². The molecule has 109 heavy (non-hydrogen) atoms. The topological polar surface area (TPSA) is 349 Å². The van der Waals surface area contributed by atoms with Gasteiger partial charge in [-0.25, -0.2) is 42.5 Å². The maximum atomic E-state index is 13.3. The predicted octanol–water partition coefficient (Wildman–Crippen LogP) is 11.0. The molecule has 4 aliphatic heterocycles. The van der Waals surface area contributed by atoms with Crippen LogP contribution >= 0.6 is 11.6 Å². The fourth-order valence-electron chi connectivity index (χ4n) is 14.6. The lowest BCUT2D eigenvalue weighted by molar-refractivity contribution is 0.0972. The van der Waals surface area contributed by atoms with Gasteiger partial charge in [0.05, 0.1) is 34.0 Å². The molecular weight excluding hydrogens is 1470 g/mol. The Hall–Kier alpha value is -10.7. The van der Waals surface area contributed by atoms with Crippen molar-refractivity contribution >= 4 is 82.7 Å². The van der Waals surface area contributed by atoms with Gasteiger partial charge in [0, 0.05) is 117 Å². The van der Waals surface area contributed by atoms with Crippen molar-refractivity contribution in [3.63, 3.8) is 0 Å². The Morgan fingerprint density at radius 3 is 1.63 bits per heavy atom. The number of halogens is 1. The number of sulfonamides is 3. The molecule has 7 aromatic heterocycles. The van der Waals surface area contributed by atoms with E-state index in [1.807, 2.05) is 59.0 Å². The third-order valence-electron chi connectivity index (χ3n) is 19.4. The molecule has 4 fully saturated rings. The number of aryl methyl sites for hydroxylation is 1. The lowest BCUT2D eigenvalue weighted by atomic mass is 9.97. The number of anilines is 4. The Balaban J connectivity index is 0.000000163. The summed E-state index contributed by atoms with van der Waals surface area (Å²) in [6.07, 6.45) is 10.9. The molecule has 4 N–H and O–H groups in total. The molecule has 27 nitrogen and oxygen atoms in total. The maximum Gasteiger partial charge on any atom is 0.281 e. The van der Waals surface area contributed by atoms with Crippen LogP contribution in [0.1, 0.15) is 129 Å². The summed E-state index contributed by atoms with van der Waals surface area (Å²) in [6.45, 7) is 27.0. The Kier molecular flexibility index (Phi) is 23.7. The first kappa shape index (κ1) is 79.3.